The van der Waals surface area contributed by atoms with Gasteiger partial charge in [-0.25, -0.2) is 4.98 Å². The standard InChI is InChI=1S/C14H7BrCl2N2O2/c15-8-3-1-2-7-11(8)18-13(19-14(7)21)6-4-9(16)12(20)10(17)5-6/h1-5,20H,(H,18,19,21). The third-order valence-electron chi connectivity index (χ3n) is 2.98. The van der Waals surface area contributed by atoms with E-state index < -0.39 is 0 Å². The lowest BCUT2D eigenvalue weighted by Gasteiger charge is -2.07. The summed E-state index contributed by atoms with van der Waals surface area (Å²) in [6.07, 6.45) is 0. The molecule has 0 aliphatic heterocycles. The Morgan fingerprint density at radius 1 is 1.19 bits per heavy atom. The van der Waals surface area contributed by atoms with Gasteiger partial charge < -0.3 is 10.1 Å². The molecule has 0 unspecified atom stereocenters. The van der Waals surface area contributed by atoms with E-state index in [-0.39, 0.29) is 21.4 Å². The lowest BCUT2D eigenvalue weighted by Crippen LogP contribution is -2.09. The van der Waals surface area contributed by atoms with E-state index in [9.17, 15) is 9.90 Å². The first-order valence-electron chi connectivity index (χ1n) is 5.84. The average Bonchev–Trinajstić information content (AvgIpc) is 2.45. The second kappa shape index (κ2) is 5.33. The topological polar surface area (TPSA) is 66.0 Å². The van der Waals surface area contributed by atoms with E-state index in [0.717, 1.165) is 0 Å². The van der Waals surface area contributed by atoms with Crippen LogP contribution in [0.1, 0.15) is 0 Å². The Hall–Kier alpha value is -1.56. The number of rotatable bonds is 1. The molecule has 0 spiro atoms. The zero-order valence-electron chi connectivity index (χ0n) is 10.3. The van der Waals surface area contributed by atoms with E-state index in [1.54, 1.807) is 18.2 Å². The van der Waals surface area contributed by atoms with E-state index in [4.69, 9.17) is 23.2 Å². The quantitative estimate of drug-likeness (QED) is 0.653. The van der Waals surface area contributed by atoms with Gasteiger partial charge in [-0.05, 0) is 40.2 Å². The van der Waals surface area contributed by atoms with Crippen LogP contribution in [0.3, 0.4) is 0 Å². The number of aromatic amines is 1. The van der Waals surface area contributed by atoms with E-state index in [0.29, 0.717) is 26.8 Å². The van der Waals surface area contributed by atoms with Gasteiger partial charge >= 0.3 is 0 Å². The number of aromatic nitrogens is 2. The second-order valence-corrected chi connectivity index (χ2v) is 6.01. The first kappa shape index (κ1) is 14.4. The molecule has 0 radical (unpaired) electrons. The average molecular weight is 386 g/mol. The summed E-state index contributed by atoms with van der Waals surface area (Å²) in [6, 6.07) is 8.23. The molecule has 7 heteroatoms. The number of aromatic hydroxyl groups is 1. The lowest BCUT2D eigenvalue weighted by molar-refractivity contribution is 0.476. The predicted molar refractivity (Wildman–Crippen MR) is 87.2 cm³/mol. The molecule has 0 aliphatic rings. The molecule has 4 nitrogen and oxygen atoms in total. The molecule has 2 N–H and O–H groups in total. The molecule has 0 bridgehead atoms. The summed E-state index contributed by atoms with van der Waals surface area (Å²) in [7, 11) is 0. The fourth-order valence-electron chi connectivity index (χ4n) is 1.97. The maximum atomic E-state index is 12.1. The van der Waals surface area contributed by atoms with Crippen molar-refractivity contribution in [3.05, 3.63) is 55.2 Å². The minimum absolute atomic E-state index is 0.0902. The summed E-state index contributed by atoms with van der Waals surface area (Å²) in [6.45, 7) is 0. The van der Waals surface area contributed by atoms with Crippen molar-refractivity contribution in [2.24, 2.45) is 0 Å². The first-order chi connectivity index (χ1) is 9.97. The minimum atomic E-state index is -0.267. The maximum absolute atomic E-state index is 12.1. The number of nitrogens with zero attached hydrogens (tertiary/aromatic N) is 1. The molecule has 3 aromatic rings. The third kappa shape index (κ3) is 2.52. The van der Waals surface area contributed by atoms with Gasteiger partial charge in [0.15, 0.2) is 5.75 Å². The van der Waals surface area contributed by atoms with Crippen molar-refractivity contribution >= 4 is 50.0 Å². The Labute approximate surface area is 137 Å². The van der Waals surface area contributed by atoms with Crippen molar-refractivity contribution in [1.29, 1.82) is 0 Å². The molecule has 0 amide bonds. The summed E-state index contributed by atoms with van der Waals surface area (Å²) >= 11 is 15.2. The maximum Gasteiger partial charge on any atom is 0.259 e. The number of benzene rings is 2. The van der Waals surface area contributed by atoms with Gasteiger partial charge in [-0.3, -0.25) is 4.79 Å². The number of fused-ring (bicyclic) bond motifs is 1. The molecule has 0 saturated heterocycles. The van der Waals surface area contributed by atoms with Gasteiger partial charge in [0.05, 0.1) is 20.9 Å². The molecule has 3 rings (SSSR count). The Morgan fingerprint density at radius 2 is 1.86 bits per heavy atom. The van der Waals surface area contributed by atoms with Crippen LogP contribution >= 0.6 is 39.1 Å². The van der Waals surface area contributed by atoms with Gasteiger partial charge in [0.2, 0.25) is 0 Å². The Kier molecular flexibility index (Phi) is 3.65. The first-order valence-corrected chi connectivity index (χ1v) is 7.39. The van der Waals surface area contributed by atoms with Crippen LogP contribution in [0.5, 0.6) is 5.75 Å². The van der Waals surface area contributed by atoms with Gasteiger partial charge in [-0.2, -0.15) is 0 Å². The Balaban J connectivity index is 2.31. The number of hydrogen-bond acceptors (Lipinski definition) is 3. The van der Waals surface area contributed by atoms with Crippen LogP contribution in [0.15, 0.2) is 39.6 Å². The van der Waals surface area contributed by atoms with E-state index in [1.165, 1.54) is 12.1 Å². The normalized spacial score (nSPS) is 11.0. The molecule has 1 aromatic heterocycles. The number of halogens is 3. The van der Waals surface area contributed by atoms with Crippen LogP contribution < -0.4 is 5.56 Å². The fourth-order valence-corrected chi connectivity index (χ4v) is 2.91. The third-order valence-corrected chi connectivity index (χ3v) is 4.19. The number of hydrogen-bond donors (Lipinski definition) is 2. The van der Waals surface area contributed by atoms with Gasteiger partial charge in [0.25, 0.3) is 5.56 Å². The molecule has 0 fully saturated rings. The van der Waals surface area contributed by atoms with Gasteiger partial charge in [0, 0.05) is 10.0 Å². The number of phenolic OH excluding ortho intramolecular Hbond substituents is 1. The smallest absolute Gasteiger partial charge is 0.259 e. The summed E-state index contributed by atoms with van der Waals surface area (Å²) in [5.74, 6) is 0.120. The zero-order valence-corrected chi connectivity index (χ0v) is 13.4. The minimum Gasteiger partial charge on any atom is -0.505 e. The van der Waals surface area contributed by atoms with E-state index in [2.05, 4.69) is 25.9 Å². The molecule has 21 heavy (non-hydrogen) atoms. The highest BCUT2D eigenvalue weighted by Gasteiger charge is 2.12. The Bertz CT molecular complexity index is 901. The van der Waals surface area contributed by atoms with Crippen molar-refractivity contribution in [2.45, 2.75) is 0 Å². The largest absolute Gasteiger partial charge is 0.505 e. The summed E-state index contributed by atoms with van der Waals surface area (Å²) in [5.41, 5.74) is 0.783. The van der Waals surface area contributed by atoms with Crippen LogP contribution in [0, 0.1) is 0 Å². The predicted octanol–water partition coefficient (Wildman–Crippen LogP) is 4.37. The lowest BCUT2D eigenvalue weighted by atomic mass is 10.2. The summed E-state index contributed by atoms with van der Waals surface area (Å²) < 4.78 is 0.711. The number of nitrogens with one attached hydrogen (secondary N) is 1. The number of para-hydroxylation sites is 1. The number of H-pyrrole nitrogens is 1. The molecule has 0 atom stereocenters. The van der Waals surface area contributed by atoms with E-state index >= 15 is 0 Å². The highest BCUT2D eigenvalue weighted by Crippen LogP contribution is 2.35. The summed E-state index contributed by atoms with van der Waals surface area (Å²) in [5, 5.41) is 10.2. The molecule has 0 saturated carbocycles. The molecule has 0 aliphatic carbocycles. The van der Waals surface area contributed by atoms with Gasteiger partial charge in [-0.15, -0.1) is 0 Å². The van der Waals surface area contributed by atoms with Crippen LogP contribution in [0.4, 0.5) is 0 Å². The van der Waals surface area contributed by atoms with Gasteiger partial charge in [-0.1, -0.05) is 29.3 Å². The van der Waals surface area contributed by atoms with Crippen molar-refractivity contribution in [2.75, 3.05) is 0 Å². The van der Waals surface area contributed by atoms with Crippen molar-refractivity contribution < 1.29 is 5.11 Å². The monoisotopic (exact) mass is 384 g/mol. The SMILES string of the molecule is O=c1[nH]c(-c2cc(Cl)c(O)c(Cl)c2)nc2c(Br)cccc12. The van der Waals surface area contributed by atoms with Crippen LogP contribution in [-0.2, 0) is 0 Å². The van der Waals surface area contributed by atoms with Crippen LogP contribution in [-0.4, -0.2) is 15.1 Å². The molecule has 106 valence electrons. The Morgan fingerprint density at radius 3 is 2.52 bits per heavy atom. The number of phenols is 1. The summed E-state index contributed by atoms with van der Waals surface area (Å²) in [4.78, 5) is 19.2. The highest BCUT2D eigenvalue weighted by atomic mass is 79.9. The molecular weight excluding hydrogens is 379 g/mol. The van der Waals surface area contributed by atoms with Crippen molar-refractivity contribution in [3.8, 4) is 17.1 Å². The molecular formula is C14H7BrCl2N2O2. The molecule has 2 aromatic carbocycles. The van der Waals surface area contributed by atoms with Crippen LogP contribution in [0.2, 0.25) is 10.0 Å². The highest BCUT2D eigenvalue weighted by molar-refractivity contribution is 9.10. The fraction of sp³-hybridized carbons (Fsp3) is 0. The zero-order chi connectivity index (χ0) is 15.1. The van der Waals surface area contributed by atoms with Crippen LogP contribution in [0.25, 0.3) is 22.3 Å². The van der Waals surface area contributed by atoms with Gasteiger partial charge in [0.1, 0.15) is 5.82 Å². The molecule has 1 heterocycles. The second-order valence-electron chi connectivity index (χ2n) is 4.34. The van der Waals surface area contributed by atoms with Crippen molar-refractivity contribution in [1.82, 2.24) is 9.97 Å². The van der Waals surface area contributed by atoms with Crippen molar-refractivity contribution in [3.63, 3.8) is 0 Å². The van der Waals surface area contributed by atoms with E-state index in [1.807, 2.05) is 0 Å².